The lowest BCUT2D eigenvalue weighted by Crippen LogP contribution is -2.47. The van der Waals surface area contributed by atoms with Crippen LogP contribution in [0.2, 0.25) is 5.02 Å². The number of amides is 1. The first-order valence-corrected chi connectivity index (χ1v) is 9.14. The van der Waals surface area contributed by atoms with Crippen molar-refractivity contribution in [1.82, 2.24) is 9.80 Å². The standard InChI is InChI=1S/C19H27ClN2O3/c1-21(2)17-7-12-10-22(11-13(12)8-18(17)25-4)19(23)15-6-5-14(24-3)9-16(15)20/h5-6,9,12-13,17-18H,7-8,10-11H2,1-4H3/t12-,13+,17-,18-/m1/s1. The molecule has 0 aromatic heterocycles. The van der Waals surface area contributed by atoms with Crippen LogP contribution in [0.3, 0.4) is 0 Å². The number of methoxy groups -OCH3 is 2. The van der Waals surface area contributed by atoms with Crippen molar-refractivity contribution in [3.8, 4) is 5.75 Å². The lowest BCUT2D eigenvalue weighted by molar-refractivity contribution is -0.0209. The molecule has 2 aliphatic rings. The van der Waals surface area contributed by atoms with Gasteiger partial charge in [0.2, 0.25) is 0 Å². The fourth-order valence-electron chi connectivity index (χ4n) is 4.32. The normalized spacial score (nSPS) is 29.0. The van der Waals surface area contributed by atoms with Gasteiger partial charge in [0.1, 0.15) is 5.75 Å². The van der Waals surface area contributed by atoms with Crippen molar-refractivity contribution >= 4 is 17.5 Å². The molecular weight excluding hydrogens is 340 g/mol. The van der Waals surface area contributed by atoms with Crippen LogP contribution in [0.15, 0.2) is 18.2 Å². The van der Waals surface area contributed by atoms with Crippen molar-refractivity contribution in [3.63, 3.8) is 0 Å². The summed E-state index contributed by atoms with van der Waals surface area (Å²) in [5, 5.41) is 0.445. The molecule has 25 heavy (non-hydrogen) atoms. The zero-order valence-corrected chi connectivity index (χ0v) is 16.1. The van der Waals surface area contributed by atoms with E-state index < -0.39 is 0 Å². The summed E-state index contributed by atoms with van der Waals surface area (Å²) in [7, 11) is 7.58. The van der Waals surface area contributed by atoms with Crippen molar-refractivity contribution in [2.45, 2.75) is 25.0 Å². The van der Waals surface area contributed by atoms with E-state index in [9.17, 15) is 4.79 Å². The largest absolute Gasteiger partial charge is 0.497 e. The Bertz CT molecular complexity index is 637. The number of rotatable bonds is 4. The smallest absolute Gasteiger partial charge is 0.255 e. The van der Waals surface area contributed by atoms with Gasteiger partial charge in [0.05, 0.1) is 23.8 Å². The van der Waals surface area contributed by atoms with Crippen molar-refractivity contribution in [3.05, 3.63) is 28.8 Å². The minimum atomic E-state index is 0.0115. The van der Waals surface area contributed by atoms with E-state index in [1.54, 1.807) is 32.4 Å². The van der Waals surface area contributed by atoms with Gasteiger partial charge in [0.25, 0.3) is 5.91 Å². The zero-order chi connectivity index (χ0) is 18.1. The first-order valence-electron chi connectivity index (χ1n) is 8.76. The molecule has 1 aliphatic heterocycles. The molecule has 5 nitrogen and oxygen atoms in total. The van der Waals surface area contributed by atoms with Crippen LogP contribution in [0.4, 0.5) is 0 Å². The fraction of sp³-hybridized carbons (Fsp3) is 0.632. The summed E-state index contributed by atoms with van der Waals surface area (Å²) in [6.07, 6.45) is 2.30. The average Bonchev–Trinajstić information content (AvgIpc) is 3.02. The topological polar surface area (TPSA) is 42.0 Å². The molecule has 1 aromatic rings. The molecule has 1 saturated carbocycles. The fourth-order valence-corrected chi connectivity index (χ4v) is 4.57. The van der Waals surface area contributed by atoms with Crippen LogP contribution in [0.25, 0.3) is 0 Å². The molecule has 1 saturated heterocycles. The number of likely N-dealkylation sites (tertiary alicyclic amines) is 1. The Morgan fingerprint density at radius 1 is 1.20 bits per heavy atom. The van der Waals surface area contributed by atoms with Crippen LogP contribution in [0.1, 0.15) is 23.2 Å². The van der Waals surface area contributed by atoms with E-state index in [0.29, 0.717) is 34.2 Å². The quantitative estimate of drug-likeness (QED) is 0.821. The number of fused-ring (bicyclic) bond motifs is 1. The van der Waals surface area contributed by atoms with Crippen LogP contribution < -0.4 is 4.74 Å². The van der Waals surface area contributed by atoms with Crippen molar-refractivity contribution < 1.29 is 14.3 Å². The van der Waals surface area contributed by atoms with E-state index in [2.05, 4.69) is 19.0 Å². The molecule has 6 heteroatoms. The van der Waals surface area contributed by atoms with Gasteiger partial charge in [-0.2, -0.15) is 0 Å². The predicted octanol–water partition coefficient (Wildman–Crippen LogP) is 2.78. The van der Waals surface area contributed by atoms with Crippen molar-refractivity contribution in [1.29, 1.82) is 0 Å². The maximum Gasteiger partial charge on any atom is 0.255 e. The van der Waals surface area contributed by atoms with E-state index in [1.807, 2.05) is 4.90 Å². The van der Waals surface area contributed by atoms with E-state index >= 15 is 0 Å². The van der Waals surface area contributed by atoms with Crippen LogP contribution in [-0.2, 0) is 4.74 Å². The summed E-state index contributed by atoms with van der Waals surface area (Å²) in [4.78, 5) is 17.1. The third-order valence-electron chi connectivity index (χ3n) is 5.74. The Kier molecular flexibility index (Phi) is 5.56. The van der Waals surface area contributed by atoms with Crippen LogP contribution in [0.5, 0.6) is 5.75 Å². The summed E-state index contributed by atoms with van der Waals surface area (Å²) in [6.45, 7) is 1.58. The van der Waals surface area contributed by atoms with E-state index in [-0.39, 0.29) is 12.0 Å². The number of benzene rings is 1. The van der Waals surface area contributed by atoms with Gasteiger partial charge in [-0.05, 0) is 57.0 Å². The van der Waals surface area contributed by atoms with Gasteiger partial charge >= 0.3 is 0 Å². The molecule has 1 heterocycles. The van der Waals surface area contributed by atoms with Gasteiger partial charge in [-0.15, -0.1) is 0 Å². The number of nitrogens with zero attached hydrogens (tertiary/aromatic N) is 2. The number of hydrogen-bond acceptors (Lipinski definition) is 4. The molecule has 138 valence electrons. The summed E-state index contributed by atoms with van der Waals surface area (Å²) in [5.41, 5.74) is 0.550. The van der Waals surface area contributed by atoms with Crippen molar-refractivity contribution in [2.24, 2.45) is 11.8 Å². The maximum atomic E-state index is 12.9. The van der Waals surface area contributed by atoms with Gasteiger partial charge in [0.15, 0.2) is 0 Å². The molecule has 1 aromatic carbocycles. The second-order valence-corrected chi connectivity index (χ2v) is 7.76. The van der Waals surface area contributed by atoms with Gasteiger partial charge in [-0.1, -0.05) is 11.6 Å². The number of halogens is 1. The number of likely N-dealkylation sites (N-methyl/N-ethyl adjacent to an activating group) is 1. The van der Waals surface area contributed by atoms with Crippen LogP contribution in [-0.4, -0.2) is 69.3 Å². The van der Waals surface area contributed by atoms with Gasteiger partial charge in [0, 0.05) is 26.2 Å². The average molecular weight is 367 g/mol. The molecule has 0 N–H and O–H groups in total. The lowest BCUT2D eigenvalue weighted by Gasteiger charge is -2.40. The van der Waals surface area contributed by atoms with Crippen molar-refractivity contribution in [2.75, 3.05) is 41.4 Å². The number of carbonyl (C=O) groups excluding carboxylic acids is 1. The number of hydrogen-bond donors (Lipinski definition) is 0. The zero-order valence-electron chi connectivity index (χ0n) is 15.4. The summed E-state index contributed by atoms with van der Waals surface area (Å²) in [5.74, 6) is 1.70. The Labute approximate surface area is 154 Å². The summed E-state index contributed by atoms with van der Waals surface area (Å²) >= 11 is 6.29. The molecule has 3 rings (SSSR count). The minimum Gasteiger partial charge on any atom is -0.497 e. The number of carbonyl (C=O) groups is 1. The van der Waals surface area contributed by atoms with Gasteiger partial charge < -0.3 is 19.3 Å². The van der Waals surface area contributed by atoms with Crippen LogP contribution >= 0.6 is 11.6 Å². The second kappa shape index (κ2) is 7.52. The highest BCUT2D eigenvalue weighted by atomic mass is 35.5. The Hall–Kier alpha value is -1.30. The highest BCUT2D eigenvalue weighted by Crippen LogP contribution is 2.39. The molecule has 2 fully saturated rings. The van der Waals surface area contributed by atoms with Gasteiger partial charge in [-0.3, -0.25) is 4.79 Å². The monoisotopic (exact) mass is 366 g/mol. The lowest BCUT2D eigenvalue weighted by atomic mass is 9.77. The SMILES string of the molecule is COc1ccc(C(=O)N2C[C@H]3C[C@@H](N(C)C)[C@H](OC)C[C@H]3C2)c(Cl)c1. The minimum absolute atomic E-state index is 0.0115. The summed E-state index contributed by atoms with van der Waals surface area (Å²) < 4.78 is 10.9. The van der Waals surface area contributed by atoms with E-state index in [0.717, 1.165) is 25.9 Å². The second-order valence-electron chi connectivity index (χ2n) is 7.35. The van der Waals surface area contributed by atoms with Gasteiger partial charge in [-0.25, -0.2) is 0 Å². The Balaban J connectivity index is 1.73. The molecule has 0 bridgehead atoms. The third-order valence-corrected chi connectivity index (χ3v) is 6.06. The Morgan fingerprint density at radius 2 is 1.88 bits per heavy atom. The molecule has 1 amide bonds. The molecule has 0 spiro atoms. The third kappa shape index (κ3) is 3.64. The highest BCUT2D eigenvalue weighted by molar-refractivity contribution is 6.34. The first kappa shape index (κ1) is 18.5. The molecule has 4 atom stereocenters. The molecular formula is C19H27ClN2O3. The Morgan fingerprint density at radius 3 is 2.44 bits per heavy atom. The molecule has 1 aliphatic carbocycles. The predicted molar refractivity (Wildman–Crippen MR) is 98.4 cm³/mol. The molecule has 0 unspecified atom stereocenters. The van der Waals surface area contributed by atoms with E-state index in [4.69, 9.17) is 21.1 Å². The first-order chi connectivity index (χ1) is 11.9. The maximum absolute atomic E-state index is 12.9. The number of ether oxygens (including phenoxy) is 2. The van der Waals surface area contributed by atoms with Crippen LogP contribution in [0, 0.1) is 11.8 Å². The molecule has 0 radical (unpaired) electrons. The summed E-state index contributed by atoms with van der Waals surface area (Å²) in [6, 6.07) is 5.64. The highest BCUT2D eigenvalue weighted by Gasteiger charge is 2.44. The van der Waals surface area contributed by atoms with E-state index in [1.165, 1.54) is 0 Å².